The van der Waals surface area contributed by atoms with Crippen molar-refractivity contribution in [2.45, 2.75) is 11.8 Å². The van der Waals surface area contributed by atoms with Crippen molar-refractivity contribution >= 4 is 54.3 Å². The Balaban J connectivity index is 1.52. The number of hydrogen-bond acceptors (Lipinski definition) is 7. The Labute approximate surface area is 188 Å². The summed E-state index contributed by atoms with van der Waals surface area (Å²) in [7, 11) is -3.76. The van der Waals surface area contributed by atoms with E-state index >= 15 is 0 Å². The Morgan fingerprint density at radius 3 is 2.65 bits per heavy atom. The summed E-state index contributed by atoms with van der Waals surface area (Å²) in [5, 5.41) is 1.05. The van der Waals surface area contributed by atoms with E-state index in [1.807, 2.05) is 4.90 Å². The van der Waals surface area contributed by atoms with Gasteiger partial charge in [0, 0.05) is 26.2 Å². The van der Waals surface area contributed by atoms with Gasteiger partial charge in [0.25, 0.3) is 0 Å². The van der Waals surface area contributed by atoms with Gasteiger partial charge in [0.1, 0.15) is 11.3 Å². The SMILES string of the molecule is CCOC(=O)c1cc(Cl)c2nc(N3CCN(S(=O)(=O)c4cccc(F)c4)CC3)sc2c1. The van der Waals surface area contributed by atoms with Gasteiger partial charge in [0.2, 0.25) is 10.0 Å². The number of piperazine rings is 1. The minimum Gasteiger partial charge on any atom is -0.462 e. The second-order valence-corrected chi connectivity index (χ2v) is 10.2. The zero-order chi connectivity index (χ0) is 22.2. The molecule has 0 N–H and O–H groups in total. The number of benzene rings is 2. The van der Waals surface area contributed by atoms with Gasteiger partial charge >= 0.3 is 5.97 Å². The first kappa shape index (κ1) is 21.9. The molecule has 1 saturated heterocycles. The molecule has 7 nitrogen and oxygen atoms in total. The van der Waals surface area contributed by atoms with Gasteiger partial charge < -0.3 is 9.64 Å². The molecule has 0 radical (unpaired) electrons. The van der Waals surface area contributed by atoms with Crippen molar-refractivity contribution in [2.24, 2.45) is 0 Å². The molecule has 0 amide bonds. The van der Waals surface area contributed by atoms with Crippen molar-refractivity contribution in [2.75, 3.05) is 37.7 Å². The van der Waals surface area contributed by atoms with Gasteiger partial charge in [-0.1, -0.05) is 29.0 Å². The molecule has 164 valence electrons. The minimum atomic E-state index is -3.76. The van der Waals surface area contributed by atoms with E-state index in [4.69, 9.17) is 16.3 Å². The lowest BCUT2D eigenvalue weighted by atomic mass is 10.2. The van der Waals surface area contributed by atoms with Crippen LogP contribution in [-0.2, 0) is 14.8 Å². The standard InChI is InChI=1S/C20H19ClFN3O4S2/c1-2-29-19(26)13-10-16(21)18-17(11-13)30-20(23-18)24-6-8-25(9-7-24)31(27,28)15-5-3-4-14(22)12-15/h3-5,10-12H,2,6-9H2,1H3. The van der Waals surface area contributed by atoms with Crippen LogP contribution in [-0.4, -0.2) is 56.5 Å². The van der Waals surface area contributed by atoms with Gasteiger partial charge in [-0.15, -0.1) is 0 Å². The Bertz CT molecular complexity index is 1240. The Morgan fingerprint density at radius 1 is 1.23 bits per heavy atom. The van der Waals surface area contributed by atoms with Gasteiger partial charge in [0.15, 0.2) is 5.13 Å². The molecule has 1 fully saturated rings. The summed E-state index contributed by atoms with van der Waals surface area (Å²) in [6.45, 7) is 3.35. The zero-order valence-corrected chi connectivity index (χ0v) is 18.9. The highest BCUT2D eigenvalue weighted by Crippen LogP contribution is 2.35. The minimum absolute atomic E-state index is 0.0563. The number of fused-ring (bicyclic) bond motifs is 1. The van der Waals surface area contributed by atoms with Crippen LogP contribution < -0.4 is 4.90 Å². The molecule has 0 atom stereocenters. The van der Waals surface area contributed by atoms with E-state index in [9.17, 15) is 17.6 Å². The number of thiazole rings is 1. The number of ether oxygens (including phenoxy) is 1. The summed E-state index contributed by atoms with van der Waals surface area (Å²) in [5.74, 6) is -1.04. The highest BCUT2D eigenvalue weighted by atomic mass is 35.5. The number of halogens is 2. The second kappa shape index (κ2) is 8.70. The lowest BCUT2D eigenvalue weighted by Gasteiger charge is -2.33. The number of esters is 1. The molecule has 1 aromatic heterocycles. The molecule has 0 bridgehead atoms. The number of carbonyl (C=O) groups is 1. The Morgan fingerprint density at radius 2 is 1.97 bits per heavy atom. The van der Waals surface area contributed by atoms with Crippen LogP contribution in [0.2, 0.25) is 5.02 Å². The van der Waals surface area contributed by atoms with Crippen molar-refractivity contribution < 1.29 is 22.3 Å². The maximum absolute atomic E-state index is 13.5. The maximum atomic E-state index is 13.5. The molecule has 2 heterocycles. The number of rotatable bonds is 5. The van der Waals surface area contributed by atoms with E-state index in [-0.39, 0.29) is 24.6 Å². The smallest absolute Gasteiger partial charge is 0.338 e. The predicted molar refractivity (Wildman–Crippen MR) is 118 cm³/mol. The van der Waals surface area contributed by atoms with Crippen LogP contribution in [0.5, 0.6) is 0 Å². The van der Waals surface area contributed by atoms with E-state index in [0.717, 1.165) is 10.8 Å². The molecule has 4 rings (SSSR count). The number of anilines is 1. The Kier molecular flexibility index (Phi) is 6.16. The monoisotopic (exact) mass is 483 g/mol. The summed E-state index contributed by atoms with van der Waals surface area (Å²) < 4.78 is 46.2. The van der Waals surface area contributed by atoms with Crippen molar-refractivity contribution in [3.8, 4) is 0 Å². The maximum Gasteiger partial charge on any atom is 0.338 e. The Hall–Kier alpha value is -2.27. The van der Waals surface area contributed by atoms with Crippen LogP contribution in [0.25, 0.3) is 10.2 Å². The molecule has 2 aromatic carbocycles. The molecule has 11 heteroatoms. The highest BCUT2D eigenvalue weighted by molar-refractivity contribution is 7.89. The van der Waals surface area contributed by atoms with Crippen LogP contribution >= 0.6 is 22.9 Å². The lowest BCUT2D eigenvalue weighted by molar-refractivity contribution is 0.0526. The average Bonchev–Trinajstić information content (AvgIpc) is 3.19. The third-order valence-corrected chi connectivity index (χ3v) is 8.14. The molecule has 31 heavy (non-hydrogen) atoms. The van der Waals surface area contributed by atoms with Crippen LogP contribution in [0, 0.1) is 5.82 Å². The summed E-state index contributed by atoms with van der Waals surface area (Å²) in [5.41, 5.74) is 0.949. The molecule has 0 saturated carbocycles. The highest BCUT2D eigenvalue weighted by Gasteiger charge is 2.30. The number of hydrogen-bond donors (Lipinski definition) is 0. The second-order valence-electron chi connectivity index (χ2n) is 6.87. The molecule has 1 aliphatic rings. The topological polar surface area (TPSA) is 79.8 Å². The molecule has 0 unspecified atom stereocenters. The first-order chi connectivity index (χ1) is 14.8. The van der Waals surface area contributed by atoms with E-state index in [2.05, 4.69) is 4.98 Å². The van der Waals surface area contributed by atoms with Gasteiger partial charge in [-0.05, 0) is 37.3 Å². The predicted octanol–water partition coefficient (Wildman–Crippen LogP) is 3.78. The molecule has 3 aromatic rings. The summed E-state index contributed by atoms with van der Waals surface area (Å²) in [6, 6.07) is 8.25. The normalized spacial score (nSPS) is 15.4. The molecular formula is C20H19ClFN3O4S2. The van der Waals surface area contributed by atoms with Crippen LogP contribution in [0.3, 0.4) is 0 Å². The molecule has 0 aliphatic carbocycles. The summed E-state index contributed by atoms with van der Waals surface area (Å²) >= 11 is 7.70. The van der Waals surface area contributed by atoms with Gasteiger partial charge in [-0.3, -0.25) is 0 Å². The van der Waals surface area contributed by atoms with Crippen molar-refractivity contribution in [1.82, 2.24) is 9.29 Å². The summed E-state index contributed by atoms with van der Waals surface area (Å²) in [6.07, 6.45) is 0. The number of carbonyl (C=O) groups excluding carboxylic acids is 1. The van der Waals surface area contributed by atoms with Crippen LogP contribution in [0.1, 0.15) is 17.3 Å². The van der Waals surface area contributed by atoms with E-state index in [1.165, 1.54) is 39.9 Å². The fourth-order valence-corrected chi connectivity index (χ4v) is 6.20. The number of nitrogens with zero attached hydrogens (tertiary/aromatic N) is 3. The fraction of sp³-hybridized carbons (Fsp3) is 0.300. The first-order valence-corrected chi connectivity index (χ1v) is 12.2. The lowest BCUT2D eigenvalue weighted by Crippen LogP contribution is -2.48. The number of sulfonamides is 1. The van der Waals surface area contributed by atoms with Crippen molar-refractivity contribution in [3.05, 3.63) is 52.8 Å². The first-order valence-electron chi connectivity index (χ1n) is 9.57. The van der Waals surface area contributed by atoms with Crippen LogP contribution in [0.4, 0.5) is 9.52 Å². The van der Waals surface area contributed by atoms with Gasteiger partial charge in [-0.2, -0.15) is 4.31 Å². The quantitative estimate of drug-likeness (QED) is 0.514. The molecular weight excluding hydrogens is 465 g/mol. The number of aromatic nitrogens is 1. The summed E-state index contributed by atoms with van der Waals surface area (Å²) in [4.78, 5) is 18.5. The van der Waals surface area contributed by atoms with E-state index in [1.54, 1.807) is 13.0 Å². The van der Waals surface area contributed by atoms with Crippen molar-refractivity contribution in [1.29, 1.82) is 0 Å². The van der Waals surface area contributed by atoms with Crippen LogP contribution in [0.15, 0.2) is 41.3 Å². The van der Waals surface area contributed by atoms with Gasteiger partial charge in [0.05, 0.1) is 26.8 Å². The van der Waals surface area contributed by atoms with Crippen molar-refractivity contribution in [3.63, 3.8) is 0 Å². The molecule has 0 spiro atoms. The molecule has 1 aliphatic heterocycles. The van der Waals surface area contributed by atoms with Gasteiger partial charge in [-0.25, -0.2) is 22.6 Å². The van der Waals surface area contributed by atoms with E-state index in [0.29, 0.717) is 34.3 Å². The fourth-order valence-electron chi connectivity index (χ4n) is 3.34. The third-order valence-electron chi connectivity index (χ3n) is 4.89. The largest absolute Gasteiger partial charge is 0.462 e. The van der Waals surface area contributed by atoms with E-state index < -0.39 is 21.8 Å². The zero-order valence-electron chi connectivity index (χ0n) is 16.5. The third kappa shape index (κ3) is 4.38. The average molecular weight is 484 g/mol.